The van der Waals surface area contributed by atoms with Gasteiger partial charge in [0.15, 0.2) is 5.13 Å². The van der Waals surface area contributed by atoms with Crippen LogP contribution in [-0.4, -0.2) is 21.8 Å². The first-order chi connectivity index (χ1) is 16.5. The van der Waals surface area contributed by atoms with Crippen molar-refractivity contribution in [1.82, 2.24) is 9.97 Å². The number of hydrogen-bond acceptors (Lipinski definition) is 8. The number of benzene rings is 2. The van der Waals surface area contributed by atoms with E-state index in [-0.39, 0.29) is 18.9 Å². The van der Waals surface area contributed by atoms with Gasteiger partial charge in [-0.05, 0) is 31.2 Å². The Hall–Kier alpha value is -3.56. The molecule has 0 N–H and O–H groups in total. The maximum absolute atomic E-state index is 12.3. The number of ether oxygens (including phenoxy) is 2. The number of carbonyl (C=O) groups is 2. The summed E-state index contributed by atoms with van der Waals surface area (Å²) in [6, 6.07) is 17.1. The number of aromatic nitrogens is 2. The van der Waals surface area contributed by atoms with Crippen molar-refractivity contribution in [2.45, 2.75) is 33.5 Å². The Bertz CT molecular complexity index is 1250. The average molecular weight is 494 g/mol. The zero-order valence-corrected chi connectivity index (χ0v) is 20.4. The number of rotatable bonds is 9. The highest BCUT2D eigenvalue weighted by molar-refractivity contribution is 7.14. The first kappa shape index (κ1) is 23.6. The lowest BCUT2D eigenvalue weighted by atomic mass is 10.2. The maximum atomic E-state index is 12.3. The largest absolute Gasteiger partial charge is 0.486 e. The minimum Gasteiger partial charge on any atom is -0.486 e. The van der Waals surface area contributed by atoms with Crippen LogP contribution in [-0.2, 0) is 34.0 Å². The second-order valence-electron chi connectivity index (χ2n) is 7.48. The Kier molecular flexibility index (Phi) is 7.66. The molecule has 0 fully saturated rings. The Labute approximate surface area is 205 Å². The Morgan fingerprint density at radius 2 is 1.65 bits per heavy atom. The summed E-state index contributed by atoms with van der Waals surface area (Å²) in [4.78, 5) is 34.9. The zero-order chi connectivity index (χ0) is 23.9. The van der Waals surface area contributed by atoms with Crippen molar-refractivity contribution in [3.8, 4) is 5.75 Å². The van der Waals surface area contributed by atoms with Crippen LogP contribution in [0.4, 0.5) is 10.8 Å². The quantitative estimate of drug-likeness (QED) is 0.288. The first-order valence-corrected chi connectivity index (χ1v) is 12.3. The molecule has 1 amide bonds. The van der Waals surface area contributed by atoms with Gasteiger partial charge in [-0.3, -0.25) is 14.5 Å². The van der Waals surface area contributed by atoms with Crippen LogP contribution in [0.1, 0.15) is 28.9 Å². The van der Waals surface area contributed by atoms with Gasteiger partial charge in [0.25, 0.3) is 0 Å². The predicted octanol–water partition coefficient (Wildman–Crippen LogP) is 5.46. The second-order valence-corrected chi connectivity index (χ2v) is 9.26. The summed E-state index contributed by atoms with van der Waals surface area (Å²) in [6.45, 7) is 3.89. The van der Waals surface area contributed by atoms with Crippen molar-refractivity contribution in [3.05, 3.63) is 87.3 Å². The molecule has 2 aromatic carbocycles. The highest BCUT2D eigenvalue weighted by Gasteiger charge is 2.18. The molecule has 0 bridgehead atoms. The van der Waals surface area contributed by atoms with E-state index in [2.05, 4.69) is 9.97 Å². The molecule has 0 radical (unpaired) electrons. The van der Waals surface area contributed by atoms with E-state index in [4.69, 9.17) is 9.47 Å². The molecule has 9 heteroatoms. The molecule has 4 rings (SSSR count). The number of carbonyl (C=O) groups excluding carboxylic acids is 2. The van der Waals surface area contributed by atoms with E-state index in [0.717, 1.165) is 16.4 Å². The minimum atomic E-state index is -0.391. The number of para-hydroxylation sites is 1. The van der Waals surface area contributed by atoms with Crippen molar-refractivity contribution < 1.29 is 19.1 Å². The number of aryl methyl sites for hydroxylation is 1. The van der Waals surface area contributed by atoms with Crippen LogP contribution in [0.15, 0.2) is 65.4 Å². The molecule has 0 saturated heterocycles. The molecule has 0 spiro atoms. The van der Waals surface area contributed by atoms with E-state index in [1.165, 1.54) is 40.1 Å². The van der Waals surface area contributed by atoms with Crippen molar-refractivity contribution in [1.29, 1.82) is 0 Å². The highest BCUT2D eigenvalue weighted by atomic mass is 32.1. The molecule has 0 aliphatic rings. The molecule has 2 aromatic heterocycles. The zero-order valence-electron chi connectivity index (χ0n) is 18.8. The lowest BCUT2D eigenvalue weighted by Crippen LogP contribution is -2.22. The predicted molar refractivity (Wildman–Crippen MR) is 133 cm³/mol. The fraction of sp³-hybridized carbons (Fsp3) is 0.200. The first-order valence-electron chi connectivity index (χ1n) is 10.6. The van der Waals surface area contributed by atoms with Gasteiger partial charge < -0.3 is 9.47 Å². The second kappa shape index (κ2) is 11.0. The van der Waals surface area contributed by atoms with Crippen LogP contribution in [0.3, 0.4) is 0 Å². The van der Waals surface area contributed by atoms with Crippen LogP contribution < -0.4 is 9.64 Å². The van der Waals surface area contributed by atoms with Crippen LogP contribution in [0.5, 0.6) is 5.75 Å². The summed E-state index contributed by atoms with van der Waals surface area (Å²) in [7, 11) is 0. The van der Waals surface area contributed by atoms with Gasteiger partial charge in [0.2, 0.25) is 5.91 Å². The minimum absolute atomic E-state index is 0.0311. The molecule has 0 saturated carbocycles. The number of hydrogen-bond donors (Lipinski definition) is 0. The third-order valence-corrected chi connectivity index (χ3v) is 6.50. The Morgan fingerprint density at radius 1 is 0.912 bits per heavy atom. The lowest BCUT2D eigenvalue weighted by molar-refractivity contribution is -0.144. The van der Waals surface area contributed by atoms with E-state index in [1.54, 1.807) is 5.38 Å². The van der Waals surface area contributed by atoms with Gasteiger partial charge in [0, 0.05) is 17.7 Å². The SMILES string of the molecule is CC(=O)N(c1ccccc1)c1nc(COC(=O)Cc2csc(COc3ccc(C)cc3)n2)cs1. The van der Waals surface area contributed by atoms with Gasteiger partial charge in [-0.2, -0.15) is 0 Å². The van der Waals surface area contributed by atoms with Gasteiger partial charge in [-0.15, -0.1) is 22.7 Å². The van der Waals surface area contributed by atoms with Crippen LogP contribution >= 0.6 is 22.7 Å². The normalized spacial score (nSPS) is 10.6. The van der Waals surface area contributed by atoms with E-state index >= 15 is 0 Å². The molecule has 0 aliphatic heterocycles. The monoisotopic (exact) mass is 493 g/mol. The molecule has 0 aliphatic carbocycles. The molecule has 34 heavy (non-hydrogen) atoms. The molecule has 7 nitrogen and oxygen atoms in total. The van der Waals surface area contributed by atoms with Crippen LogP contribution in [0, 0.1) is 6.92 Å². The van der Waals surface area contributed by atoms with Crippen LogP contribution in [0.25, 0.3) is 0 Å². The summed E-state index contributed by atoms with van der Waals surface area (Å²) in [5.74, 6) is 0.243. The van der Waals surface area contributed by atoms with Crippen molar-refractivity contribution in [2.24, 2.45) is 0 Å². The topological polar surface area (TPSA) is 81.6 Å². The summed E-state index contributed by atoms with van der Waals surface area (Å²) < 4.78 is 11.1. The molecular weight excluding hydrogens is 470 g/mol. The molecule has 0 unspecified atom stereocenters. The van der Waals surface area contributed by atoms with E-state index in [0.29, 0.717) is 23.1 Å². The van der Waals surface area contributed by atoms with E-state index in [1.807, 2.05) is 66.9 Å². The fourth-order valence-corrected chi connectivity index (χ4v) is 4.68. The fourth-order valence-electron chi connectivity index (χ4n) is 3.10. The van der Waals surface area contributed by atoms with E-state index < -0.39 is 5.97 Å². The Morgan fingerprint density at radius 3 is 2.38 bits per heavy atom. The van der Waals surface area contributed by atoms with Gasteiger partial charge >= 0.3 is 5.97 Å². The standard InChI is InChI=1S/C25H23N3O4S2/c1-17-8-10-22(11-9-17)31-14-23-26-19(15-33-23)12-24(30)32-13-20-16-34-25(27-20)28(18(2)29)21-6-4-3-5-7-21/h3-11,15-16H,12-14H2,1-2H3. The van der Waals surface area contributed by atoms with Crippen LogP contribution in [0.2, 0.25) is 0 Å². The number of anilines is 2. The number of amides is 1. The van der Waals surface area contributed by atoms with Crippen molar-refractivity contribution in [2.75, 3.05) is 4.90 Å². The van der Waals surface area contributed by atoms with Gasteiger partial charge in [0.05, 0.1) is 23.5 Å². The molecule has 0 atom stereocenters. The maximum Gasteiger partial charge on any atom is 0.312 e. The van der Waals surface area contributed by atoms with Crippen molar-refractivity contribution in [3.63, 3.8) is 0 Å². The molecular formula is C25H23N3O4S2. The third-order valence-electron chi connectivity index (χ3n) is 4.75. The lowest BCUT2D eigenvalue weighted by Gasteiger charge is -2.17. The summed E-state index contributed by atoms with van der Waals surface area (Å²) in [5, 5.41) is 4.94. The smallest absolute Gasteiger partial charge is 0.312 e. The highest BCUT2D eigenvalue weighted by Crippen LogP contribution is 2.29. The van der Waals surface area contributed by atoms with Crippen molar-refractivity contribution >= 4 is 45.4 Å². The summed E-state index contributed by atoms with van der Waals surface area (Å²) >= 11 is 2.77. The van der Waals surface area contributed by atoms with E-state index in [9.17, 15) is 9.59 Å². The van der Waals surface area contributed by atoms with Gasteiger partial charge in [-0.1, -0.05) is 35.9 Å². The molecule has 2 heterocycles. The average Bonchev–Trinajstić information content (AvgIpc) is 3.48. The van der Waals surface area contributed by atoms with Gasteiger partial charge in [-0.25, -0.2) is 9.97 Å². The van der Waals surface area contributed by atoms with Gasteiger partial charge in [0.1, 0.15) is 24.0 Å². The summed E-state index contributed by atoms with van der Waals surface area (Å²) in [6.07, 6.45) is 0.0710. The Balaban J connectivity index is 1.28. The number of nitrogens with zero attached hydrogens (tertiary/aromatic N) is 3. The summed E-state index contributed by atoms with van der Waals surface area (Å²) in [5.41, 5.74) is 3.13. The molecule has 174 valence electrons. The molecule has 4 aromatic rings. The third kappa shape index (κ3) is 6.27. The number of esters is 1. The number of thiazole rings is 2.